The number of aromatic nitrogens is 2. The largest absolute Gasteiger partial charge is 0.469 e. The Labute approximate surface area is 133 Å². The number of hydrogen-bond donors (Lipinski definition) is 2. The van der Waals surface area contributed by atoms with Crippen molar-refractivity contribution in [3.63, 3.8) is 0 Å². The molecule has 21 heavy (non-hydrogen) atoms. The fourth-order valence-electron chi connectivity index (χ4n) is 1.98. The first-order valence-corrected chi connectivity index (χ1v) is 7.41. The molecule has 1 aromatic rings. The highest BCUT2D eigenvalue weighted by Crippen LogP contribution is 2.19. The van der Waals surface area contributed by atoms with Gasteiger partial charge in [0.05, 0.1) is 13.0 Å². The molecule has 0 radical (unpaired) electrons. The summed E-state index contributed by atoms with van der Waals surface area (Å²) in [5, 5.41) is 15.2. The Kier molecular flexibility index (Phi) is 7.55. The number of anilines is 1. The zero-order chi connectivity index (χ0) is 14.4. The molecule has 2 heterocycles. The lowest BCUT2D eigenvalue weighted by molar-refractivity contribution is -0.140. The molecule has 2 rings (SSSR count). The van der Waals surface area contributed by atoms with Crippen LogP contribution in [0, 0.1) is 5.92 Å². The highest BCUT2D eigenvalue weighted by Gasteiger charge is 2.23. The molecule has 1 aliphatic heterocycles. The maximum atomic E-state index is 11.9. The van der Waals surface area contributed by atoms with Crippen molar-refractivity contribution in [1.29, 1.82) is 0 Å². The van der Waals surface area contributed by atoms with Crippen LogP contribution in [0.4, 0.5) is 5.13 Å². The minimum Gasteiger partial charge on any atom is -0.469 e. The van der Waals surface area contributed by atoms with Crippen LogP contribution in [0.2, 0.25) is 0 Å². The Morgan fingerprint density at radius 2 is 2.29 bits per heavy atom. The van der Waals surface area contributed by atoms with E-state index in [0.717, 1.165) is 24.5 Å². The second-order valence-electron chi connectivity index (χ2n) is 4.61. The second-order valence-corrected chi connectivity index (χ2v) is 5.67. The number of carbonyl (C=O) groups excluding carboxylic acids is 2. The molecular weight excluding hydrogens is 316 g/mol. The lowest BCUT2D eigenvalue weighted by Crippen LogP contribution is -2.24. The number of nitrogens with one attached hydrogen (secondary N) is 2. The number of amides is 1. The first-order valence-electron chi connectivity index (χ1n) is 6.60. The molecule has 0 saturated carbocycles. The van der Waals surface area contributed by atoms with E-state index < -0.39 is 0 Å². The summed E-state index contributed by atoms with van der Waals surface area (Å²) in [4.78, 5) is 22.9. The number of methoxy groups -OCH3 is 1. The lowest BCUT2D eigenvalue weighted by Gasteiger charge is -2.06. The monoisotopic (exact) mass is 334 g/mol. The molecule has 0 aromatic carbocycles. The molecule has 2 N–H and O–H groups in total. The van der Waals surface area contributed by atoms with Crippen LogP contribution in [-0.4, -0.2) is 42.3 Å². The van der Waals surface area contributed by atoms with Crippen LogP contribution in [0.5, 0.6) is 0 Å². The molecule has 1 fully saturated rings. The Balaban J connectivity index is 0.00000220. The van der Waals surface area contributed by atoms with Gasteiger partial charge < -0.3 is 15.4 Å². The van der Waals surface area contributed by atoms with E-state index >= 15 is 0 Å². The molecule has 1 aliphatic rings. The van der Waals surface area contributed by atoms with E-state index in [9.17, 15) is 9.59 Å². The van der Waals surface area contributed by atoms with Gasteiger partial charge in [-0.15, -0.1) is 22.6 Å². The molecule has 1 saturated heterocycles. The van der Waals surface area contributed by atoms with Crippen molar-refractivity contribution in [3.05, 3.63) is 5.01 Å². The van der Waals surface area contributed by atoms with Crippen LogP contribution in [0.15, 0.2) is 0 Å². The fourth-order valence-corrected chi connectivity index (χ4v) is 2.76. The minimum absolute atomic E-state index is 0. The van der Waals surface area contributed by atoms with Crippen LogP contribution >= 0.6 is 23.7 Å². The van der Waals surface area contributed by atoms with Gasteiger partial charge in [-0.25, -0.2) is 0 Å². The van der Waals surface area contributed by atoms with Gasteiger partial charge in [0.15, 0.2) is 0 Å². The third-order valence-corrected chi connectivity index (χ3v) is 4.03. The maximum absolute atomic E-state index is 11.9. The molecule has 7 nitrogen and oxygen atoms in total. The molecule has 0 bridgehead atoms. The van der Waals surface area contributed by atoms with Gasteiger partial charge in [-0.05, 0) is 19.4 Å². The van der Waals surface area contributed by atoms with E-state index in [1.807, 2.05) is 0 Å². The van der Waals surface area contributed by atoms with Gasteiger partial charge in [-0.3, -0.25) is 9.59 Å². The fraction of sp³-hybridized carbons (Fsp3) is 0.667. The highest BCUT2D eigenvalue weighted by atomic mass is 35.5. The SMILES string of the molecule is COC(=O)CCCc1nnc(NC(=O)C2CCNC2)s1.Cl. The van der Waals surface area contributed by atoms with Crippen LogP contribution in [0.25, 0.3) is 0 Å². The van der Waals surface area contributed by atoms with Crippen molar-refractivity contribution in [1.82, 2.24) is 15.5 Å². The molecule has 1 aromatic heterocycles. The van der Waals surface area contributed by atoms with E-state index in [-0.39, 0.29) is 30.2 Å². The van der Waals surface area contributed by atoms with E-state index in [1.54, 1.807) is 0 Å². The Bertz CT molecular complexity index is 477. The van der Waals surface area contributed by atoms with Gasteiger partial charge >= 0.3 is 5.97 Å². The van der Waals surface area contributed by atoms with Crippen molar-refractivity contribution in [2.24, 2.45) is 5.92 Å². The number of aryl methyl sites for hydroxylation is 1. The normalized spacial score (nSPS) is 17.1. The van der Waals surface area contributed by atoms with Gasteiger partial charge in [0.1, 0.15) is 5.01 Å². The molecule has 0 spiro atoms. The number of nitrogens with zero attached hydrogens (tertiary/aromatic N) is 2. The average molecular weight is 335 g/mol. The third-order valence-electron chi connectivity index (χ3n) is 3.13. The number of hydrogen-bond acceptors (Lipinski definition) is 7. The molecule has 9 heteroatoms. The molecule has 1 amide bonds. The van der Waals surface area contributed by atoms with E-state index in [0.29, 0.717) is 24.4 Å². The standard InChI is InChI=1S/C12H18N4O3S.ClH/c1-19-10(17)4-2-3-9-15-16-12(20-9)14-11(18)8-5-6-13-7-8;/h8,13H,2-7H2,1H3,(H,14,16,18);1H. The van der Waals surface area contributed by atoms with Gasteiger partial charge in [0.25, 0.3) is 0 Å². The third kappa shape index (κ3) is 5.56. The topological polar surface area (TPSA) is 93.2 Å². The summed E-state index contributed by atoms with van der Waals surface area (Å²) >= 11 is 1.35. The molecular formula is C12H19ClN4O3S. The van der Waals surface area contributed by atoms with Crippen LogP contribution in [0.1, 0.15) is 24.3 Å². The van der Waals surface area contributed by atoms with Crippen molar-refractivity contribution in [3.8, 4) is 0 Å². The summed E-state index contributed by atoms with van der Waals surface area (Å²) in [6, 6.07) is 0. The van der Waals surface area contributed by atoms with Crippen LogP contribution in [0.3, 0.4) is 0 Å². The zero-order valence-electron chi connectivity index (χ0n) is 11.8. The van der Waals surface area contributed by atoms with Crippen molar-refractivity contribution >= 4 is 40.8 Å². The first kappa shape index (κ1) is 17.8. The number of esters is 1. The van der Waals surface area contributed by atoms with Gasteiger partial charge in [-0.2, -0.15) is 0 Å². The van der Waals surface area contributed by atoms with E-state index in [1.165, 1.54) is 18.4 Å². The molecule has 1 unspecified atom stereocenters. The summed E-state index contributed by atoms with van der Waals surface area (Å²) in [6.45, 7) is 1.60. The smallest absolute Gasteiger partial charge is 0.305 e. The van der Waals surface area contributed by atoms with Gasteiger partial charge in [0.2, 0.25) is 11.0 Å². The first-order chi connectivity index (χ1) is 9.69. The highest BCUT2D eigenvalue weighted by molar-refractivity contribution is 7.15. The predicted octanol–water partition coefficient (Wildman–Crippen LogP) is 1.00. The summed E-state index contributed by atoms with van der Waals surface area (Å²) < 4.78 is 4.57. The van der Waals surface area contributed by atoms with E-state index in [2.05, 4.69) is 25.6 Å². The predicted molar refractivity (Wildman–Crippen MR) is 81.7 cm³/mol. The van der Waals surface area contributed by atoms with Gasteiger partial charge in [0, 0.05) is 19.4 Å². The molecule has 118 valence electrons. The average Bonchev–Trinajstić information content (AvgIpc) is 3.10. The summed E-state index contributed by atoms with van der Waals surface area (Å²) in [5.41, 5.74) is 0. The molecule has 1 atom stereocenters. The Morgan fingerprint density at radius 3 is 2.95 bits per heavy atom. The van der Waals surface area contributed by atoms with Crippen LogP contribution < -0.4 is 10.6 Å². The molecule has 0 aliphatic carbocycles. The number of ether oxygens (including phenoxy) is 1. The van der Waals surface area contributed by atoms with Crippen molar-refractivity contribution in [2.75, 3.05) is 25.5 Å². The van der Waals surface area contributed by atoms with E-state index in [4.69, 9.17) is 0 Å². The Hall–Kier alpha value is -1.25. The summed E-state index contributed by atoms with van der Waals surface area (Å²) in [5.74, 6) is -0.217. The van der Waals surface area contributed by atoms with Crippen molar-refractivity contribution < 1.29 is 14.3 Å². The summed E-state index contributed by atoms with van der Waals surface area (Å²) in [6.07, 6.45) is 2.55. The number of rotatable bonds is 6. The lowest BCUT2D eigenvalue weighted by atomic mass is 10.1. The summed E-state index contributed by atoms with van der Waals surface area (Å²) in [7, 11) is 1.37. The number of halogens is 1. The quantitative estimate of drug-likeness (QED) is 0.754. The second kappa shape index (κ2) is 8.91. The van der Waals surface area contributed by atoms with Gasteiger partial charge in [-0.1, -0.05) is 11.3 Å². The minimum atomic E-state index is -0.225. The maximum Gasteiger partial charge on any atom is 0.305 e. The Morgan fingerprint density at radius 1 is 1.48 bits per heavy atom. The number of carbonyl (C=O) groups is 2. The van der Waals surface area contributed by atoms with Crippen molar-refractivity contribution in [2.45, 2.75) is 25.7 Å². The van der Waals surface area contributed by atoms with Crippen LogP contribution in [-0.2, 0) is 20.7 Å². The zero-order valence-corrected chi connectivity index (χ0v) is 13.4.